The SMILES string of the molecule is CC(C)(C)OC(=O)NC1(c2ncc(C(F)(F)F)cc2F)CCOCC1O. The van der Waals surface area contributed by atoms with Crippen molar-refractivity contribution in [1.82, 2.24) is 10.3 Å². The van der Waals surface area contributed by atoms with Gasteiger partial charge in [0.15, 0.2) is 0 Å². The van der Waals surface area contributed by atoms with Gasteiger partial charge in [-0.3, -0.25) is 4.98 Å². The molecule has 26 heavy (non-hydrogen) atoms. The molecule has 1 aliphatic rings. The van der Waals surface area contributed by atoms with Gasteiger partial charge in [0.1, 0.15) is 28.8 Å². The molecule has 2 heterocycles. The minimum atomic E-state index is -4.77. The minimum Gasteiger partial charge on any atom is -0.444 e. The van der Waals surface area contributed by atoms with Gasteiger partial charge in [-0.1, -0.05) is 0 Å². The maximum atomic E-state index is 14.5. The van der Waals surface area contributed by atoms with E-state index in [-0.39, 0.29) is 25.7 Å². The molecule has 2 N–H and O–H groups in total. The number of carbonyl (C=O) groups is 1. The van der Waals surface area contributed by atoms with Crippen molar-refractivity contribution in [3.63, 3.8) is 0 Å². The van der Waals surface area contributed by atoms with E-state index in [9.17, 15) is 27.5 Å². The van der Waals surface area contributed by atoms with Crippen molar-refractivity contribution in [1.29, 1.82) is 0 Å². The second-order valence-corrected chi connectivity index (χ2v) is 6.99. The van der Waals surface area contributed by atoms with Crippen molar-refractivity contribution < 1.29 is 36.9 Å². The Labute approximate surface area is 147 Å². The molecule has 0 aliphatic carbocycles. The van der Waals surface area contributed by atoms with Gasteiger partial charge >= 0.3 is 12.3 Å². The summed E-state index contributed by atoms with van der Waals surface area (Å²) in [7, 11) is 0. The third kappa shape index (κ3) is 4.42. The second-order valence-electron chi connectivity index (χ2n) is 6.99. The Bertz CT molecular complexity index is 675. The summed E-state index contributed by atoms with van der Waals surface area (Å²) >= 11 is 0. The smallest absolute Gasteiger partial charge is 0.417 e. The lowest BCUT2D eigenvalue weighted by Crippen LogP contribution is -2.59. The summed E-state index contributed by atoms with van der Waals surface area (Å²) in [6.45, 7) is 4.61. The van der Waals surface area contributed by atoms with Gasteiger partial charge in [0.05, 0.1) is 12.2 Å². The summed E-state index contributed by atoms with van der Waals surface area (Å²) in [6, 6.07) is 0.281. The first-order chi connectivity index (χ1) is 11.8. The van der Waals surface area contributed by atoms with Gasteiger partial charge in [-0.15, -0.1) is 0 Å². The predicted molar refractivity (Wildman–Crippen MR) is 81.7 cm³/mol. The van der Waals surface area contributed by atoms with Gasteiger partial charge in [-0.2, -0.15) is 13.2 Å². The molecule has 2 atom stereocenters. The number of aliphatic hydroxyl groups is 1. The molecule has 1 aliphatic heterocycles. The molecule has 146 valence electrons. The van der Waals surface area contributed by atoms with E-state index in [4.69, 9.17) is 9.47 Å². The minimum absolute atomic E-state index is 0.0367. The number of alkyl halides is 3. The molecule has 2 unspecified atom stereocenters. The molecular weight excluding hydrogens is 360 g/mol. The van der Waals surface area contributed by atoms with Crippen molar-refractivity contribution in [2.45, 2.75) is 50.6 Å². The van der Waals surface area contributed by atoms with E-state index in [1.807, 2.05) is 0 Å². The first kappa shape index (κ1) is 20.4. The first-order valence-corrected chi connectivity index (χ1v) is 7.85. The molecule has 1 aromatic rings. The number of aromatic nitrogens is 1. The lowest BCUT2D eigenvalue weighted by molar-refractivity contribution is -0.138. The Balaban J connectivity index is 2.44. The number of amides is 1. The topological polar surface area (TPSA) is 80.7 Å². The Hall–Kier alpha value is -1.94. The number of hydrogen-bond acceptors (Lipinski definition) is 5. The Kier molecular flexibility index (Phi) is 5.48. The van der Waals surface area contributed by atoms with Crippen molar-refractivity contribution in [2.24, 2.45) is 0 Å². The van der Waals surface area contributed by atoms with Crippen LogP contribution in [0.25, 0.3) is 0 Å². The van der Waals surface area contributed by atoms with Crippen molar-refractivity contribution in [3.05, 3.63) is 29.3 Å². The van der Waals surface area contributed by atoms with Gasteiger partial charge in [0.25, 0.3) is 0 Å². The van der Waals surface area contributed by atoms with Crippen molar-refractivity contribution in [2.75, 3.05) is 13.2 Å². The highest BCUT2D eigenvalue weighted by Gasteiger charge is 2.48. The van der Waals surface area contributed by atoms with Crippen LogP contribution in [0.15, 0.2) is 12.3 Å². The van der Waals surface area contributed by atoms with Crippen LogP contribution in [-0.4, -0.2) is 41.1 Å². The summed E-state index contributed by atoms with van der Waals surface area (Å²) < 4.78 is 62.9. The van der Waals surface area contributed by atoms with Crippen molar-refractivity contribution >= 4 is 6.09 Å². The van der Waals surface area contributed by atoms with E-state index in [0.29, 0.717) is 6.20 Å². The number of pyridine rings is 1. The standard InChI is InChI=1S/C16H20F4N2O4/c1-14(2,3)26-13(24)22-15(4-5-25-8-11(15)23)12-10(17)6-9(7-21-12)16(18,19)20/h6-7,11,23H,4-5,8H2,1-3H3,(H,22,24). The summed E-state index contributed by atoms with van der Waals surface area (Å²) in [6.07, 6.45) is -6.80. The normalized spacial score (nSPS) is 24.2. The van der Waals surface area contributed by atoms with Crippen LogP contribution < -0.4 is 5.32 Å². The molecule has 1 amide bonds. The lowest BCUT2D eigenvalue weighted by Gasteiger charge is -2.41. The number of nitrogens with zero attached hydrogens (tertiary/aromatic N) is 1. The lowest BCUT2D eigenvalue weighted by atomic mass is 9.83. The number of hydrogen-bond donors (Lipinski definition) is 2. The van der Waals surface area contributed by atoms with E-state index < -0.39 is 46.6 Å². The zero-order valence-electron chi connectivity index (χ0n) is 14.5. The van der Waals surface area contributed by atoms with Crippen LogP contribution in [0.2, 0.25) is 0 Å². The molecule has 0 aromatic carbocycles. The zero-order valence-corrected chi connectivity index (χ0v) is 14.5. The van der Waals surface area contributed by atoms with E-state index in [1.54, 1.807) is 20.8 Å². The van der Waals surface area contributed by atoms with Gasteiger partial charge in [0, 0.05) is 19.2 Å². The molecule has 1 fully saturated rings. The van der Waals surface area contributed by atoms with Crippen LogP contribution in [-0.2, 0) is 21.2 Å². The number of alkyl carbamates (subject to hydrolysis) is 1. The molecule has 6 nitrogen and oxygen atoms in total. The van der Waals surface area contributed by atoms with Crippen LogP contribution >= 0.6 is 0 Å². The molecule has 0 bridgehead atoms. The van der Waals surface area contributed by atoms with Crippen molar-refractivity contribution in [3.8, 4) is 0 Å². The predicted octanol–water partition coefficient (Wildman–Crippen LogP) is 2.74. The Morgan fingerprint density at radius 3 is 2.58 bits per heavy atom. The van der Waals surface area contributed by atoms with Crippen LogP contribution in [0.3, 0.4) is 0 Å². The summed E-state index contributed by atoms with van der Waals surface area (Å²) in [4.78, 5) is 15.7. The number of carbonyl (C=O) groups excluding carboxylic acids is 1. The third-order valence-corrected chi connectivity index (χ3v) is 3.80. The number of aliphatic hydroxyl groups excluding tert-OH is 1. The largest absolute Gasteiger partial charge is 0.444 e. The van der Waals surface area contributed by atoms with E-state index >= 15 is 0 Å². The number of halogens is 4. The second kappa shape index (κ2) is 6.99. The fourth-order valence-electron chi connectivity index (χ4n) is 2.63. The maximum Gasteiger partial charge on any atom is 0.417 e. The summed E-state index contributed by atoms with van der Waals surface area (Å²) in [5.41, 5.74) is -4.41. The van der Waals surface area contributed by atoms with Gasteiger partial charge in [0.2, 0.25) is 0 Å². The molecule has 1 aromatic heterocycles. The number of ether oxygens (including phenoxy) is 2. The monoisotopic (exact) mass is 380 g/mol. The molecule has 10 heteroatoms. The molecule has 1 saturated heterocycles. The Morgan fingerprint density at radius 1 is 1.42 bits per heavy atom. The number of rotatable bonds is 2. The Morgan fingerprint density at radius 2 is 2.08 bits per heavy atom. The quantitative estimate of drug-likeness (QED) is 0.772. The molecule has 0 spiro atoms. The van der Waals surface area contributed by atoms with E-state index in [0.717, 1.165) is 0 Å². The van der Waals surface area contributed by atoms with Crippen LogP contribution in [0.5, 0.6) is 0 Å². The highest BCUT2D eigenvalue weighted by molar-refractivity contribution is 5.69. The van der Waals surface area contributed by atoms with Crippen LogP contribution in [0.1, 0.15) is 38.4 Å². The fraction of sp³-hybridized carbons (Fsp3) is 0.625. The zero-order chi connectivity index (χ0) is 19.8. The summed E-state index contributed by atoms with van der Waals surface area (Å²) in [5, 5.41) is 12.7. The van der Waals surface area contributed by atoms with Gasteiger partial charge in [-0.05, 0) is 26.8 Å². The fourth-order valence-corrected chi connectivity index (χ4v) is 2.63. The molecular formula is C16H20F4N2O4. The first-order valence-electron chi connectivity index (χ1n) is 7.85. The highest BCUT2D eigenvalue weighted by atomic mass is 19.4. The molecule has 0 radical (unpaired) electrons. The van der Waals surface area contributed by atoms with E-state index in [2.05, 4.69) is 10.3 Å². The van der Waals surface area contributed by atoms with Gasteiger partial charge < -0.3 is 19.9 Å². The molecule has 0 saturated carbocycles. The number of nitrogens with one attached hydrogen (secondary N) is 1. The van der Waals surface area contributed by atoms with Crippen LogP contribution in [0.4, 0.5) is 22.4 Å². The third-order valence-electron chi connectivity index (χ3n) is 3.80. The highest BCUT2D eigenvalue weighted by Crippen LogP contribution is 2.36. The average Bonchev–Trinajstić information content (AvgIpc) is 2.46. The average molecular weight is 380 g/mol. The van der Waals surface area contributed by atoms with Gasteiger partial charge in [-0.25, -0.2) is 9.18 Å². The van der Waals surface area contributed by atoms with Crippen LogP contribution in [0, 0.1) is 5.82 Å². The summed E-state index contributed by atoms with van der Waals surface area (Å²) in [5.74, 6) is -1.29. The van der Waals surface area contributed by atoms with E-state index in [1.165, 1.54) is 0 Å². The maximum absolute atomic E-state index is 14.5. The molecule has 2 rings (SSSR count).